The molecule has 1 aromatic heterocycles. The lowest BCUT2D eigenvalue weighted by Crippen LogP contribution is -2.35. The van der Waals surface area contributed by atoms with Gasteiger partial charge in [-0.1, -0.05) is 12.1 Å². The number of nitrogens with two attached hydrogens (primary N) is 1. The molecule has 22 heavy (non-hydrogen) atoms. The van der Waals surface area contributed by atoms with Gasteiger partial charge in [-0.2, -0.15) is 5.10 Å². The first-order valence-electron chi connectivity index (χ1n) is 6.83. The second kappa shape index (κ2) is 6.86. The predicted molar refractivity (Wildman–Crippen MR) is 81.8 cm³/mol. The van der Waals surface area contributed by atoms with Gasteiger partial charge in [0.25, 0.3) is 0 Å². The van der Waals surface area contributed by atoms with Gasteiger partial charge in [-0.05, 0) is 24.7 Å². The molecule has 4 N–H and O–H groups in total. The van der Waals surface area contributed by atoms with Gasteiger partial charge in [-0.25, -0.2) is 0 Å². The van der Waals surface area contributed by atoms with Crippen LogP contribution in [0.5, 0.6) is 0 Å². The van der Waals surface area contributed by atoms with Crippen molar-refractivity contribution in [2.75, 3.05) is 7.05 Å². The van der Waals surface area contributed by atoms with Gasteiger partial charge in [-0.3, -0.25) is 14.3 Å². The zero-order chi connectivity index (χ0) is 16.1. The summed E-state index contributed by atoms with van der Waals surface area (Å²) in [6.45, 7) is 0.371. The summed E-state index contributed by atoms with van der Waals surface area (Å²) in [6, 6.07) is 6.34. The van der Waals surface area contributed by atoms with Gasteiger partial charge >= 0.3 is 0 Å². The Kier molecular flexibility index (Phi) is 4.90. The molecule has 7 heteroatoms. The summed E-state index contributed by atoms with van der Waals surface area (Å²) < 4.78 is 1.65. The molecule has 1 unspecified atom stereocenters. The Morgan fingerprint density at radius 3 is 2.50 bits per heavy atom. The van der Waals surface area contributed by atoms with Crippen molar-refractivity contribution in [1.29, 1.82) is 0 Å². The van der Waals surface area contributed by atoms with Crippen molar-refractivity contribution in [2.24, 2.45) is 12.8 Å². The summed E-state index contributed by atoms with van der Waals surface area (Å²) in [5.41, 5.74) is 7.31. The van der Waals surface area contributed by atoms with E-state index < -0.39 is 11.9 Å². The molecule has 2 rings (SSSR count). The van der Waals surface area contributed by atoms with E-state index in [2.05, 4.69) is 15.7 Å². The summed E-state index contributed by atoms with van der Waals surface area (Å²) in [7, 11) is 3.52. The molecule has 2 aromatic rings. The van der Waals surface area contributed by atoms with Crippen LogP contribution in [0.3, 0.4) is 0 Å². The zero-order valence-electron chi connectivity index (χ0n) is 12.5. The van der Waals surface area contributed by atoms with Crippen LogP contribution in [0, 0.1) is 0 Å². The first-order valence-corrected chi connectivity index (χ1v) is 6.83. The van der Waals surface area contributed by atoms with E-state index >= 15 is 0 Å². The van der Waals surface area contributed by atoms with E-state index in [1.807, 2.05) is 0 Å². The van der Waals surface area contributed by atoms with Crippen LogP contribution in [-0.2, 0) is 18.4 Å². The molecule has 0 fully saturated rings. The van der Waals surface area contributed by atoms with Crippen LogP contribution in [0.15, 0.2) is 36.7 Å². The van der Waals surface area contributed by atoms with Crippen molar-refractivity contribution in [1.82, 2.24) is 20.4 Å². The van der Waals surface area contributed by atoms with Gasteiger partial charge in [0.2, 0.25) is 11.8 Å². The van der Waals surface area contributed by atoms with Crippen LogP contribution in [0.2, 0.25) is 0 Å². The molecule has 0 aliphatic carbocycles. The molecule has 2 amide bonds. The maximum Gasteiger partial charge on any atom is 0.248 e. The Bertz CT molecular complexity index is 663. The average molecular weight is 301 g/mol. The molecule has 0 aliphatic rings. The van der Waals surface area contributed by atoms with Crippen LogP contribution in [-0.4, -0.2) is 28.6 Å². The number of nitrogens with one attached hydrogen (secondary N) is 2. The lowest BCUT2D eigenvalue weighted by molar-refractivity contribution is -0.123. The lowest BCUT2D eigenvalue weighted by atomic mass is 10.1. The molecule has 1 atom stereocenters. The summed E-state index contributed by atoms with van der Waals surface area (Å²) in [5, 5.41) is 9.88. The van der Waals surface area contributed by atoms with Gasteiger partial charge in [0.1, 0.15) is 6.04 Å². The van der Waals surface area contributed by atoms with Crippen LogP contribution < -0.4 is 16.4 Å². The van der Waals surface area contributed by atoms with Gasteiger partial charge in [-0.15, -0.1) is 0 Å². The highest BCUT2D eigenvalue weighted by Crippen LogP contribution is 2.11. The molecule has 1 heterocycles. The Hall–Kier alpha value is -2.67. The minimum atomic E-state index is -0.470. The van der Waals surface area contributed by atoms with Crippen LogP contribution in [0.1, 0.15) is 27.5 Å². The maximum atomic E-state index is 12.2. The molecule has 116 valence electrons. The fraction of sp³-hybridized carbons (Fsp3) is 0.267. The number of hydrogen-bond acceptors (Lipinski definition) is 4. The second-order valence-electron chi connectivity index (χ2n) is 4.95. The summed E-state index contributed by atoms with van der Waals surface area (Å²) in [4.78, 5) is 23.2. The third kappa shape index (κ3) is 3.70. The van der Waals surface area contributed by atoms with Crippen LogP contribution in [0.25, 0.3) is 0 Å². The molecular weight excluding hydrogens is 282 g/mol. The number of nitrogens with zero attached hydrogens (tertiary/aromatic N) is 2. The Morgan fingerprint density at radius 1 is 1.32 bits per heavy atom. The highest BCUT2D eigenvalue weighted by molar-refractivity contribution is 5.92. The number of carbonyl (C=O) groups is 2. The lowest BCUT2D eigenvalue weighted by Gasteiger charge is -2.14. The molecule has 0 radical (unpaired) electrons. The Morgan fingerprint density at radius 2 is 2.00 bits per heavy atom. The van der Waals surface area contributed by atoms with Crippen molar-refractivity contribution in [3.8, 4) is 0 Å². The number of hydrogen-bond donors (Lipinski definition) is 3. The normalized spacial score (nSPS) is 11.9. The molecule has 0 saturated heterocycles. The van der Waals surface area contributed by atoms with E-state index in [1.54, 1.807) is 55.4 Å². The topological polar surface area (TPSA) is 102 Å². The van der Waals surface area contributed by atoms with E-state index in [9.17, 15) is 9.59 Å². The molecule has 0 aliphatic heterocycles. The number of carbonyl (C=O) groups excluding carboxylic acids is 2. The largest absolute Gasteiger partial charge is 0.366 e. The van der Waals surface area contributed by atoms with Crippen molar-refractivity contribution < 1.29 is 9.59 Å². The van der Waals surface area contributed by atoms with Gasteiger partial charge in [0, 0.05) is 30.9 Å². The maximum absolute atomic E-state index is 12.2. The average Bonchev–Trinajstić information content (AvgIpc) is 2.92. The third-order valence-electron chi connectivity index (χ3n) is 3.31. The zero-order valence-corrected chi connectivity index (χ0v) is 12.5. The van der Waals surface area contributed by atoms with Gasteiger partial charge < -0.3 is 16.4 Å². The van der Waals surface area contributed by atoms with Crippen molar-refractivity contribution >= 4 is 11.8 Å². The minimum absolute atomic E-state index is 0.144. The van der Waals surface area contributed by atoms with Crippen molar-refractivity contribution in [3.05, 3.63) is 53.3 Å². The number of rotatable bonds is 6. The number of benzene rings is 1. The number of primary amides is 1. The van der Waals surface area contributed by atoms with E-state index in [1.165, 1.54) is 0 Å². The van der Waals surface area contributed by atoms with E-state index in [4.69, 9.17) is 5.73 Å². The number of amides is 2. The summed E-state index contributed by atoms with van der Waals surface area (Å²) in [6.07, 6.45) is 3.45. The van der Waals surface area contributed by atoms with E-state index in [0.29, 0.717) is 12.1 Å². The molecule has 7 nitrogen and oxygen atoms in total. The first-order chi connectivity index (χ1) is 10.5. The summed E-state index contributed by atoms with van der Waals surface area (Å²) >= 11 is 0. The van der Waals surface area contributed by atoms with E-state index in [-0.39, 0.29) is 5.91 Å². The highest BCUT2D eigenvalue weighted by Gasteiger charge is 2.19. The van der Waals surface area contributed by atoms with Crippen molar-refractivity contribution in [3.63, 3.8) is 0 Å². The van der Waals surface area contributed by atoms with Crippen LogP contribution in [0.4, 0.5) is 0 Å². The smallest absolute Gasteiger partial charge is 0.248 e. The monoisotopic (exact) mass is 301 g/mol. The summed E-state index contributed by atoms with van der Waals surface area (Å²) in [5.74, 6) is -0.614. The highest BCUT2D eigenvalue weighted by atomic mass is 16.2. The Labute approximate surface area is 128 Å². The van der Waals surface area contributed by atoms with Crippen LogP contribution >= 0.6 is 0 Å². The first kappa shape index (κ1) is 15.7. The molecule has 1 aromatic carbocycles. The van der Waals surface area contributed by atoms with Gasteiger partial charge in [0.15, 0.2) is 0 Å². The molecule has 0 saturated carbocycles. The fourth-order valence-electron chi connectivity index (χ4n) is 2.12. The molecule has 0 bridgehead atoms. The standard InChI is InChI=1S/C15H19N5O2/c1-17-13(12-8-19-20(2)9-12)15(22)18-7-10-3-5-11(6-4-10)14(16)21/h3-6,8-9,13,17H,7H2,1-2H3,(H2,16,21)(H,18,22). The van der Waals surface area contributed by atoms with Gasteiger partial charge in [0.05, 0.1) is 6.20 Å². The van der Waals surface area contributed by atoms with Crippen molar-refractivity contribution in [2.45, 2.75) is 12.6 Å². The van der Waals surface area contributed by atoms with E-state index in [0.717, 1.165) is 11.1 Å². The molecular formula is C15H19N5O2. The second-order valence-corrected chi connectivity index (χ2v) is 4.95. The number of aryl methyl sites for hydroxylation is 1. The Balaban J connectivity index is 1.97. The molecule has 0 spiro atoms. The quantitative estimate of drug-likeness (QED) is 0.704. The number of likely N-dealkylation sites (N-methyl/N-ethyl adjacent to an activating group) is 1. The fourth-order valence-corrected chi connectivity index (χ4v) is 2.12. The predicted octanol–water partition coefficient (Wildman–Crippen LogP) is 0.0959. The third-order valence-corrected chi connectivity index (χ3v) is 3.31. The number of aromatic nitrogens is 2. The SMILES string of the molecule is CNC(C(=O)NCc1ccc(C(N)=O)cc1)c1cnn(C)c1. The minimum Gasteiger partial charge on any atom is -0.366 e.